The third-order valence-electron chi connectivity index (χ3n) is 8.88. The number of hydrogen-bond donors (Lipinski definition) is 6. The third-order valence-corrected chi connectivity index (χ3v) is 8.88. The second-order valence-corrected chi connectivity index (χ2v) is 12.4. The first kappa shape index (κ1) is 35.5. The number of nitrogens with one attached hydrogen (secondary N) is 5. The van der Waals surface area contributed by atoms with E-state index in [1.807, 2.05) is 54.5 Å². The molecule has 5 rings (SSSR count). The third kappa shape index (κ3) is 9.04. The maximum Gasteiger partial charge on any atom is 0.127 e. The number of unbranched alkanes of at least 4 members (excludes halogenated alkanes) is 1. The first-order valence-corrected chi connectivity index (χ1v) is 17.1. The van der Waals surface area contributed by atoms with E-state index < -0.39 is 5.54 Å². The van der Waals surface area contributed by atoms with Gasteiger partial charge < -0.3 is 37.2 Å². The Bertz CT molecular complexity index is 1170. The molecule has 0 radical (unpaired) electrons. The number of hydrogen-bond acceptors (Lipinski definition) is 7. The van der Waals surface area contributed by atoms with Crippen molar-refractivity contribution >= 4 is 11.4 Å². The molecule has 1 aromatic carbocycles. The molecule has 8 heteroatoms. The Balaban J connectivity index is 0.00000127. The number of benzene rings is 1. The number of rotatable bonds is 11. The van der Waals surface area contributed by atoms with Crippen molar-refractivity contribution in [1.82, 2.24) is 26.2 Å². The Morgan fingerprint density at radius 2 is 1.82 bits per heavy atom. The Hall–Kier alpha value is -2.97. The Morgan fingerprint density at radius 3 is 2.48 bits per heavy atom. The average molecular weight is 610 g/mol. The van der Waals surface area contributed by atoms with E-state index in [-0.39, 0.29) is 11.9 Å². The molecule has 4 aliphatic heterocycles. The number of anilines is 1. The van der Waals surface area contributed by atoms with E-state index >= 15 is 0 Å². The normalized spacial score (nSPS) is 22.2. The van der Waals surface area contributed by atoms with Gasteiger partial charge in [0, 0.05) is 60.9 Å². The molecular formula is C36H60FN7. The monoisotopic (exact) mass is 609 g/mol. The van der Waals surface area contributed by atoms with E-state index in [1.54, 1.807) is 6.07 Å². The van der Waals surface area contributed by atoms with Gasteiger partial charge >= 0.3 is 0 Å². The molecular weight excluding hydrogens is 549 g/mol. The number of likely N-dealkylation sites (tertiary alicyclic amines) is 1. The van der Waals surface area contributed by atoms with Gasteiger partial charge in [-0.15, -0.1) is 0 Å². The minimum absolute atomic E-state index is 0.0645. The molecule has 0 bridgehead atoms. The lowest BCUT2D eigenvalue weighted by molar-refractivity contribution is 0.318. The van der Waals surface area contributed by atoms with Crippen molar-refractivity contribution in [2.75, 3.05) is 51.1 Å². The minimum atomic E-state index is -0.400. The van der Waals surface area contributed by atoms with Crippen LogP contribution in [0.4, 0.5) is 10.1 Å². The predicted octanol–water partition coefficient (Wildman–Crippen LogP) is 5.70. The van der Waals surface area contributed by atoms with Gasteiger partial charge in [-0.2, -0.15) is 0 Å². The summed E-state index contributed by atoms with van der Waals surface area (Å²) in [6.45, 7) is 24.8. The lowest BCUT2D eigenvalue weighted by atomic mass is 9.90. The van der Waals surface area contributed by atoms with E-state index in [9.17, 15) is 4.39 Å². The summed E-state index contributed by atoms with van der Waals surface area (Å²) in [6, 6.07) is 3.84. The van der Waals surface area contributed by atoms with E-state index in [4.69, 9.17) is 5.73 Å². The van der Waals surface area contributed by atoms with Gasteiger partial charge in [-0.3, -0.25) is 0 Å². The quantitative estimate of drug-likeness (QED) is 0.180. The van der Waals surface area contributed by atoms with Gasteiger partial charge in [-0.25, -0.2) is 4.39 Å². The SMILES string of the molecule is C=C(NCCCCNC1=CC=C(C2C=C(N3CC4CCNCC4C3)c3cc(F)c(CC)cc3N2)CN1)C(C)(C)N.CC.CC. The number of nitrogens with two attached hydrogens (primary N) is 1. The number of halogens is 1. The summed E-state index contributed by atoms with van der Waals surface area (Å²) in [5.74, 6) is 2.33. The zero-order valence-corrected chi connectivity index (χ0v) is 28.5. The summed E-state index contributed by atoms with van der Waals surface area (Å²) in [6.07, 6.45) is 10.7. The van der Waals surface area contributed by atoms with Crippen molar-refractivity contribution in [1.29, 1.82) is 0 Å². The molecule has 44 heavy (non-hydrogen) atoms. The van der Waals surface area contributed by atoms with Crippen molar-refractivity contribution in [3.63, 3.8) is 0 Å². The molecule has 4 heterocycles. The molecule has 0 aliphatic carbocycles. The summed E-state index contributed by atoms with van der Waals surface area (Å²) in [5, 5.41) is 17.7. The largest absolute Gasteiger partial charge is 0.387 e. The molecule has 0 amide bonds. The summed E-state index contributed by atoms with van der Waals surface area (Å²) < 4.78 is 14.9. The van der Waals surface area contributed by atoms with Crippen LogP contribution in [0.5, 0.6) is 0 Å². The fourth-order valence-electron chi connectivity index (χ4n) is 6.20. The second kappa shape index (κ2) is 16.9. The molecule has 3 atom stereocenters. The topological polar surface area (TPSA) is 89.4 Å². The van der Waals surface area contributed by atoms with E-state index in [0.29, 0.717) is 18.3 Å². The van der Waals surface area contributed by atoms with E-state index in [0.717, 1.165) is 87.0 Å². The maximum absolute atomic E-state index is 14.9. The molecule has 0 spiro atoms. The van der Waals surface area contributed by atoms with E-state index in [2.05, 4.69) is 56.3 Å². The van der Waals surface area contributed by atoms with E-state index in [1.165, 1.54) is 17.7 Å². The summed E-state index contributed by atoms with van der Waals surface area (Å²) in [7, 11) is 0. The predicted molar refractivity (Wildman–Crippen MR) is 187 cm³/mol. The van der Waals surface area contributed by atoms with Crippen molar-refractivity contribution in [3.05, 3.63) is 71.0 Å². The fraction of sp³-hybridized carbons (Fsp3) is 0.611. The summed E-state index contributed by atoms with van der Waals surface area (Å²) >= 11 is 0. The Labute approximate surface area is 267 Å². The number of allylic oxidation sites excluding steroid dienone is 2. The van der Waals surface area contributed by atoms with Gasteiger partial charge in [-0.1, -0.05) is 47.3 Å². The smallest absolute Gasteiger partial charge is 0.127 e. The zero-order valence-electron chi connectivity index (χ0n) is 28.5. The summed E-state index contributed by atoms with van der Waals surface area (Å²) in [5.41, 5.74) is 11.8. The maximum atomic E-state index is 14.9. The van der Waals surface area contributed by atoms with Crippen molar-refractivity contribution in [3.8, 4) is 0 Å². The number of nitrogens with zero attached hydrogens (tertiary/aromatic N) is 1. The highest BCUT2D eigenvalue weighted by Crippen LogP contribution is 2.40. The number of dihydropyridines is 1. The minimum Gasteiger partial charge on any atom is -0.387 e. The fourth-order valence-corrected chi connectivity index (χ4v) is 6.20. The van der Waals surface area contributed by atoms with Crippen LogP contribution in [0.15, 0.2) is 54.0 Å². The van der Waals surface area contributed by atoms with Crippen LogP contribution in [0.25, 0.3) is 5.70 Å². The molecule has 246 valence electrons. The van der Waals surface area contributed by atoms with Crippen molar-refractivity contribution in [2.24, 2.45) is 17.6 Å². The van der Waals surface area contributed by atoms with Crippen LogP contribution in [0, 0.1) is 17.7 Å². The Kier molecular flexibility index (Phi) is 13.7. The van der Waals surface area contributed by atoms with Crippen LogP contribution in [-0.4, -0.2) is 62.3 Å². The van der Waals surface area contributed by atoms with Gasteiger partial charge in [0.25, 0.3) is 0 Å². The van der Waals surface area contributed by atoms with Gasteiger partial charge in [0.15, 0.2) is 0 Å². The van der Waals surface area contributed by atoms with Crippen LogP contribution in [0.1, 0.15) is 78.9 Å². The van der Waals surface area contributed by atoms with Crippen molar-refractivity contribution < 1.29 is 4.39 Å². The Morgan fingerprint density at radius 1 is 1.09 bits per heavy atom. The highest BCUT2D eigenvalue weighted by Gasteiger charge is 2.37. The molecule has 7 nitrogen and oxygen atoms in total. The molecule has 1 aromatic rings. The zero-order chi connectivity index (χ0) is 32.3. The van der Waals surface area contributed by atoms with Gasteiger partial charge in [0.2, 0.25) is 0 Å². The summed E-state index contributed by atoms with van der Waals surface area (Å²) in [4.78, 5) is 2.51. The molecule has 4 aliphatic rings. The van der Waals surface area contributed by atoms with Gasteiger partial charge in [0.05, 0.1) is 11.9 Å². The second-order valence-electron chi connectivity index (χ2n) is 12.4. The average Bonchev–Trinajstić information content (AvgIpc) is 3.48. The highest BCUT2D eigenvalue weighted by atomic mass is 19.1. The molecule has 2 fully saturated rings. The molecule has 0 aromatic heterocycles. The van der Waals surface area contributed by atoms with Crippen molar-refractivity contribution in [2.45, 2.75) is 85.7 Å². The van der Waals surface area contributed by atoms with Crippen LogP contribution in [0.3, 0.4) is 0 Å². The van der Waals surface area contributed by atoms with Crippen LogP contribution < -0.4 is 32.3 Å². The molecule has 2 saturated heterocycles. The molecule has 7 N–H and O–H groups in total. The van der Waals surface area contributed by atoms with Crippen LogP contribution in [-0.2, 0) is 6.42 Å². The first-order chi connectivity index (χ1) is 21.2. The lowest BCUT2D eigenvalue weighted by Gasteiger charge is -2.34. The number of piperidine rings is 1. The standard InChI is InChI=1S/C32H48FN7.2C2H6/c1-5-22-14-29-26(15-27(22)33)30(40-19-24-10-13-35-17-25(24)20-40)16-28(39-29)23-8-9-31(38-18-23)37-12-7-6-11-36-21(2)32(3,4)34;2*1-2/h8-9,14-16,24-25,28,35-39H,2,5-7,10-13,17-20,34H2,1,3-4H3;2*1-2H3. The van der Waals surface area contributed by atoms with Crippen LogP contribution >= 0.6 is 0 Å². The van der Waals surface area contributed by atoms with Gasteiger partial charge in [0.1, 0.15) is 5.82 Å². The van der Waals surface area contributed by atoms with Gasteiger partial charge in [-0.05, 0) is 99.9 Å². The first-order valence-electron chi connectivity index (χ1n) is 17.1. The molecule has 3 unspecified atom stereocenters. The number of aryl methyl sites for hydroxylation is 1. The molecule has 0 saturated carbocycles. The lowest BCUT2D eigenvalue weighted by Crippen LogP contribution is -2.40. The number of fused-ring (bicyclic) bond motifs is 2. The van der Waals surface area contributed by atoms with Crippen LogP contribution in [0.2, 0.25) is 0 Å². The highest BCUT2D eigenvalue weighted by molar-refractivity contribution is 5.81.